The van der Waals surface area contributed by atoms with Gasteiger partial charge in [0, 0.05) is 0 Å². The summed E-state index contributed by atoms with van der Waals surface area (Å²) in [5.74, 6) is 0.470. The van der Waals surface area contributed by atoms with E-state index < -0.39 is 11.4 Å². The first kappa shape index (κ1) is 13.9. The van der Waals surface area contributed by atoms with Crippen molar-refractivity contribution in [2.45, 2.75) is 50.9 Å². The predicted octanol–water partition coefficient (Wildman–Crippen LogP) is 3.72. The lowest BCUT2D eigenvalue weighted by molar-refractivity contribution is -0.143. The number of carbonyl (C=O) groups is 1. The fourth-order valence-corrected chi connectivity index (χ4v) is 3.09. The molecule has 3 heteroatoms. The van der Waals surface area contributed by atoms with Gasteiger partial charge in [0.25, 0.3) is 0 Å². The number of carboxylic acids is 1. The average Bonchev–Trinajstić information content (AvgIpc) is 2.88. The largest absolute Gasteiger partial charge is 0.496 e. The van der Waals surface area contributed by atoms with Crippen molar-refractivity contribution in [2.75, 3.05) is 7.11 Å². The van der Waals surface area contributed by atoms with Crippen LogP contribution in [0, 0.1) is 0 Å². The monoisotopic (exact) mass is 262 g/mol. The van der Waals surface area contributed by atoms with Gasteiger partial charge in [0.15, 0.2) is 0 Å². The van der Waals surface area contributed by atoms with E-state index in [9.17, 15) is 9.90 Å². The molecule has 1 N–H and O–H groups in total. The van der Waals surface area contributed by atoms with Crippen LogP contribution in [-0.4, -0.2) is 18.2 Å². The normalized spacial score (nSPS) is 17.7. The molecular formula is C16H22O3. The van der Waals surface area contributed by atoms with Crippen LogP contribution in [0.25, 0.3) is 0 Å². The molecule has 0 spiro atoms. The van der Waals surface area contributed by atoms with Crippen LogP contribution in [0.1, 0.15) is 56.6 Å². The highest BCUT2D eigenvalue weighted by Gasteiger charge is 2.43. The molecule has 2 rings (SSSR count). The Kier molecular flexibility index (Phi) is 3.83. The van der Waals surface area contributed by atoms with Crippen LogP contribution in [0.2, 0.25) is 0 Å². The molecule has 1 fully saturated rings. The zero-order chi connectivity index (χ0) is 14.0. The first-order chi connectivity index (χ1) is 9.01. The summed E-state index contributed by atoms with van der Waals surface area (Å²) in [6.07, 6.45) is 3.43. The van der Waals surface area contributed by atoms with E-state index in [1.165, 1.54) is 0 Å². The Morgan fingerprint density at radius 1 is 1.32 bits per heavy atom. The minimum Gasteiger partial charge on any atom is -0.496 e. The summed E-state index contributed by atoms with van der Waals surface area (Å²) < 4.78 is 5.44. The molecule has 0 amide bonds. The van der Waals surface area contributed by atoms with E-state index in [0.29, 0.717) is 5.92 Å². The van der Waals surface area contributed by atoms with Crippen LogP contribution in [0.15, 0.2) is 18.2 Å². The molecule has 0 atom stereocenters. The van der Waals surface area contributed by atoms with E-state index in [2.05, 4.69) is 13.8 Å². The zero-order valence-electron chi connectivity index (χ0n) is 11.9. The molecule has 0 aromatic heterocycles. The van der Waals surface area contributed by atoms with Crippen LogP contribution in [0.5, 0.6) is 5.75 Å². The third-order valence-corrected chi connectivity index (χ3v) is 4.27. The van der Waals surface area contributed by atoms with Gasteiger partial charge in [0.2, 0.25) is 0 Å². The topological polar surface area (TPSA) is 46.5 Å². The van der Waals surface area contributed by atoms with E-state index in [1.54, 1.807) is 7.11 Å². The number of hydrogen-bond donors (Lipinski definition) is 1. The van der Waals surface area contributed by atoms with E-state index in [4.69, 9.17) is 4.74 Å². The summed E-state index contributed by atoms with van der Waals surface area (Å²) in [6, 6.07) is 5.91. The Bertz CT molecular complexity index is 471. The van der Waals surface area contributed by atoms with Gasteiger partial charge < -0.3 is 9.84 Å². The number of hydrogen-bond acceptors (Lipinski definition) is 2. The maximum Gasteiger partial charge on any atom is 0.314 e. The van der Waals surface area contributed by atoms with Gasteiger partial charge in [-0.05, 0) is 36.0 Å². The van der Waals surface area contributed by atoms with Crippen LogP contribution < -0.4 is 4.74 Å². The average molecular weight is 262 g/mol. The molecule has 19 heavy (non-hydrogen) atoms. The molecule has 1 aliphatic carbocycles. The summed E-state index contributed by atoms with van der Waals surface area (Å²) in [5.41, 5.74) is 1.31. The Labute approximate surface area is 114 Å². The second-order valence-electron chi connectivity index (χ2n) is 5.71. The van der Waals surface area contributed by atoms with Crippen LogP contribution in [-0.2, 0) is 10.2 Å². The van der Waals surface area contributed by atoms with E-state index in [-0.39, 0.29) is 0 Å². The molecule has 1 aromatic carbocycles. The predicted molar refractivity (Wildman–Crippen MR) is 74.9 cm³/mol. The van der Waals surface area contributed by atoms with Crippen molar-refractivity contribution in [2.24, 2.45) is 0 Å². The van der Waals surface area contributed by atoms with Crippen molar-refractivity contribution in [1.82, 2.24) is 0 Å². The number of carboxylic acid groups (broad SMARTS) is 1. The number of aliphatic carboxylic acids is 1. The molecule has 3 nitrogen and oxygen atoms in total. The Morgan fingerprint density at radius 3 is 2.42 bits per heavy atom. The third kappa shape index (κ3) is 2.34. The zero-order valence-corrected chi connectivity index (χ0v) is 11.9. The second-order valence-corrected chi connectivity index (χ2v) is 5.71. The number of benzene rings is 1. The van der Waals surface area contributed by atoms with Gasteiger partial charge in [0.1, 0.15) is 5.75 Å². The number of methoxy groups -OCH3 is 1. The Balaban J connectivity index is 2.48. The maximum atomic E-state index is 11.7. The highest BCUT2D eigenvalue weighted by molar-refractivity contribution is 5.82. The van der Waals surface area contributed by atoms with Crippen molar-refractivity contribution in [3.8, 4) is 5.75 Å². The van der Waals surface area contributed by atoms with Gasteiger partial charge in [-0.1, -0.05) is 38.8 Å². The fourth-order valence-electron chi connectivity index (χ4n) is 3.09. The minimum absolute atomic E-state index is 0.369. The lowest BCUT2D eigenvalue weighted by Crippen LogP contribution is -2.32. The fraction of sp³-hybridized carbons (Fsp3) is 0.562. The van der Waals surface area contributed by atoms with Crippen LogP contribution in [0.3, 0.4) is 0 Å². The summed E-state index contributed by atoms with van der Waals surface area (Å²) in [6.45, 7) is 4.22. The van der Waals surface area contributed by atoms with E-state index in [1.807, 2.05) is 18.2 Å². The summed E-state index contributed by atoms with van der Waals surface area (Å²) >= 11 is 0. The third-order valence-electron chi connectivity index (χ3n) is 4.27. The highest BCUT2D eigenvalue weighted by Crippen LogP contribution is 2.43. The standard InChI is InChI=1S/C16H22O3/c1-11(2)13-7-6-12(10-14(13)19-3)16(15(17)18)8-4-5-9-16/h6-7,10-11H,4-5,8-9H2,1-3H3,(H,17,18). The molecule has 0 aliphatic heterocycles. The van der Waals surface area contributed by atoms with Gasteiger partial charge in [-0.2, -0.15) is 0 Å². The maximum absolute atomic E-state index is 11.7. The smallest absolute Gasteiger partial charge is 0.314 e. The lowest BCUT2D eigenvalue weighted by atomic mass is 9.78. The Morgan fingerprint density at radius 2 is 1.95 bits per heavy atom. The Hall–Kier alpha value is -1.51. The first-order valence-corrected chi connectivity index (χ1v) is 6.93. The highest BCUT2D eigenvalue weighted by atomic mass is 16.5. The van der Waals surface area contributed by atoms with Gasteiger partial charge >= 0.3 is 5.97 Å². The SMILES string of the molecule is COc1cc(C2(C(=O)O)CCCC2)ccc1C(C)C. The van der Waals surface area contributed by atoms with Crippen LogP contribution in [0.4, 0.5) is 0 Å². The second kappa shape index (κ2) is 5.24. The van der Waals surface area contributed by atoms with Gasteiger partial charge in [-0.3, -0.25) is 4.79 Å². The van der Waals surface area contributed by atoms with Gasteiger partial charge in [0.05, 0.1) is 12.5 Å². The molecule has 0 radical (unpaired) electrons. The van der Waals surface area contributed by atoms with Crippen molar-refractivity contribution in [3.05, 3.63) is 29.3 Å². The molecule has 0 heterocycles. The molecule has 0 saturated heterocycles. The van der Waals surface area contributed by atoms with Crippen molar-refractivity contribution < 1.29 is 14.6 Å². The summed E-state index contributed by atoms with van der Waals surface area (Å²) in [5, 5.41) is 9.62. The number of ether oxygens (including phenoxy) is 1. The number of rotatable bonds is 4. The van der Waals surface area contributed by atoms with E-state index in [0.717, 1.165) is 42.6 Å². The van der Waals surface area contributed by atoms with Crippen LogP contribution >= 0.6 is 0 Å². The molecule has 1 aliphatic rings. The summed E-state index contributed by atoms with van der Waals surface area (Å²) in [7, 11) is 1.65. The van der Waals surface area contributed by atoms with Crippen molar-refractivity contribution in [1.29, 1.82) is 0 Å². The molecule has 1 saturated carbocycles. The van der Waals surface area contributed by atoms with E-state index >= 15 is 0 Å². The quantitative estimate of drug-likeness (QED) is 0.899. The molecule has 104 valence electrons. The lowest BCUT2D eigenvalue weighted by Gasteiger charge is -2.25. The molecular weight excluding hydrogens is 240 g/mol. The minimum atomic E-state index is -0.706. The summed E-state index contributed by atoms with van der Waals surface area (Å²) in [4.78, 5) is 11.7. The molecule has 0 bridgehead atoms. The molecule has 0 unspecified atom stereocenters. The van der Waals surface area contributed by atoms with Gasteiger partial charge in [-0.15, -0.1) is 0 Å². The molecule has 1 aromatic rings. The van der Waals surface area contributed by atoms with Gasteiger partial charge in [-0.25, -0.2) is 0 Å². The van der Waals surface area contributed by atoms with Crippen molar-refractivity contribution in [3.63, 3.8) is 0 Å². The van der Waals surface area contributed by atoms with Crippen molar-refractivity contribution >= 4 is 5.97 Å². The first-order valence-electron chi connectivity index (χ1n) is 6.93.